The maximum absolute atomic E-state index is 11.2. The number of hydrogen-bond donors (Lipinski definition) is 0. The molecule has 0 radical (unpaired) electrons. The number of aldehydes is 1. The normalized spacial score (nSPS) is 14.6. The van der Waals surface area contributed by atoms with Gasteiger partial charge in [-0.25, -0.2) is 8.42 Å². The zero-order chi connectivity index (χ0) is 11.8. The van der Waals surface area contributed by atoms with Crippen molar-refractivity contribution in [3.05, 3.63) is 17.7 Å². The van der Waals surface area contributed by atoms with Gasteiger partial charge in [0.25, 0.3) is 9.05 Å². The number of hydrogen-bond acceptors (Lipinski definition) is 5. The summed E-state index contributed by atoms with van der Waals surface area (Å²) in [6.07, 6.45) is 0.568. The molecule has 7 heteroatoms. The van der Waals surface area contributed by atoms with E-state index in [0.717, 1.165) is 0 Å². The van der Waals surface area contributed by atoms with Gasteiger partial charge >= 0.3 is 0 Å². The molecule has 0 N–H and O–H groups in total. The quantitative estimate of drug-likeness (QED) is 0.592. The average molecular weight is 263 g/mol. The molecule has 1 aromatic carbocycles. The van der Waals surface area contributed by atoms with Crippen LogP contribution in [0.5, 0.6) is 11.5 Å². The van der Waals surface area contributed by atoms with Gasteiger partial charge in [0.2, 0.25) is 0 Å². The number of carbonyl (C=O) groups is 1. The molecule has 16 heavy (non-hydrogen) atoms. The Balaban J connectivity index is 2.71. The first-order valence-electron chi connectivity index (χ1n) is 4.36. The van der Waals surface area contributed by atoms with Crippen LogP contribution in [0.15, 0.2) is 17.0 Å². The Morgan fingerprint density at radius 2 is 1.81 bits per heavy atom. The summed E-state index contributed by atoms with van der Waals surface area (Å²) in [5, 5.41) is 0. The Morgan fingerprint density at radius 1 is 1.19 bits per heavy atom. The van der Waals surface area contributed by atoms with Gasteiger partial charge in [-0.1, -0.05) is 0 Å². The van der Waals surface area contributed by atoms with Crippen molar-refractivity contribution in [1.29, 1.82) is 0 Å². The highest BCUT2D eigenvalue weighted by Crippen LogP contribution is 2.40. The minimum atomic E-state index is -3.92. The van der Waals surface area contributed by atoms with Gasteiger partial charge in [-0.2, -0.15) is 0 Å². The van der Waals surface area contributed by atoms with E-state index in [2.05, 4.69) is 0 Å². The summed E-state index contributed by atoms with van der Waals surface area (Å²) in [5.74, 6) is 0.133. The fraction of sp³-hybridized carbons (Fsp3) is 0.222. The van der Waals surface area contributed by atoms with Crippen molar-refractivity contribution in [2.75, 3.05) is 13.2 Å². The van der Waals surface area contributed by atoms with Crippen molar-refractivity contribution in [2.45, 2.75) is 4.90 Å². The Labute approximate surface area is 96.3 Å². The Kier molecular flexibility index (Phi) is 2.77. The standard InChI is InChI=1S/C9H7ClO5S/c10-16(12,13)7-2-1-6(5-11)8-9(7)15-4-3-14-8/h1-2,5H,3-4H2. The maximum atomic E-state index is 11.2. The Hall–Kier alpha value is -1.27. The van der Waals surface area contributed by atoms with Gasteiger partial charge in [-0.3, -0.25) is 4.79 Å². The van der Waals surface area contributed by atoms with Gasteiger partial charge in [0.05, 0.1) is 5.56 Å². The Bertz CT molecular complexity index is 537. The molecule has 0 fully saturated rings. The molecule has 2 rings (SSSR count). The van der Waals surface area contributed by atoms with E-state index in [1.54, 1.807) is 0 Å². The van der Waals surface area contributed by atoms with Crippen molar-refractivity contribution in [3.63, 3.8) is 0 Å². The third-order valence-electron chi connectivity index (χ3n) is 2.07. The second-order valence-corrected chi connectivity index (χ2v) is 5.60. The first kappa shape index (κ1) is 11.2. The summed E-state index contributed by atoms with van der Waals surface area (Å²) in [6.45, 7) is 0.481. The van der Waals surface area contributed by atoms with Crippen LogP contribution < -0.4 is 9.47 Å². The lowest BCUT2D eigenvalue weighted by Gasteiger charge is -2.21. The molecule has 0 spiro atoms. The summed E-state index contributed by atoms with van der Waals surface area (Å²) in [6, 6.07) is 2.55. The van der Waals surface area contributed by atoms with Crippen molar-refractivity contribution in [1.82, 2.24) is 0 Å². The lowest BCUT2D eigenvalue weighted by atomic mass is 10.2. The van der Waals surface area contributed by atoms with Gasteiger partial charge in [0, 0.05) is 10.7 Å². The fourth-order valence-electron chi connectivity index (χ4n) is 1.42. The van der Waals surface area contributed by atoms with E-state index < -0.39 is 9.05 Å². The highest BCUT2D eigenvalue weighted by Gasteiger charge is 2.26. The largest absolute Gasteiger partial charge is 0.485 e. The van der Waals surface area contributed by atoms with Crippen LogP contribution in [0, 0.1) is 0 Å². The fourth-order valence-corrected chi connectivity index (χ4v) is 2.39. The van der Waals surface area contributed by atoms with E-state index in [9.17, 15) is 13.2 Å². The van der Waals surface area contributed by atoms with Crippen molar-refractivity contribution < 1.29 is 22.7 Å². The van der Waals surface area contributed by atoms with E-state index in [-0.39, 0.29) is 35.2 Å². The summed E-state index contributed by atoms with van der Waals surface area (Å²) >= 11 is 0. The highest BCUT2D eigenvalue weighted by molar-refractivity contribution is 8.13. The van der Waals surface area contributed by atoms with E-state index in [1.165, 1.54) is 12.1 Å². The maximum Gasteiger partial charge on any atom is 0.265 e. The molecule has 0 bridgehead atoms. The smallest absolute Gasteiger partial charge is 0.265 e. The zero-order valence-corrected chi connectivity index (χ0v) is 9.55. The SMILES string of the molecule is O=Cc1ccc(S(=O)(=O)Cl)c2c1OCCO2. The number of carbonyl (C=O) groups excluding carboxylic acids is 1. The molecule has 0 unspecified atom stereocenters. The van der Waals surface area contributed by atoms with Crippen LogP contribution in [0.1, 0.15) is 10.4 Å². The van der Waals surface area contributed by atoms with Crippen molar-refractivity contribution in [3.8, 4) is 11.5 Å². The van der Waals surface area contributed by atoms with Gasteiger partial charge in [-0.05, 0) is 12.1 Å². The van der Waals surface area contributed by atoms with Crippen LogP contribution in [-0.4, -0.2) is 27.9 Å². The monoisotopic (exact) mass is 262 g/mol. The first-order valence-corrected chi connectivity index (χ1v) is 6.67. The highest BCUT2D eigenvalue weighted by atomic mass is 35.7. The lowest BCUT2D eigenvalue weighted by Crippen LogP contribution is -2.18. The number of rotatable bonds is 2. The molecule has 5 nitrogen and oxygen atoms in total. The summed E-state index contributed by atoms with van der Waals surface area (Å²) in [5.41, 5.74) is 0.235. The first-order chi connectivity index (χ1) is 7.54. The van der Waals surface area contributed by atoms with Crippen LogP contribution in [0.25, 0.3) is 0 Å². The predicted molar refractivity (Wildman–Crippen MR) is 55.9 cm³/mol. The lowest BCUT2D eigenvalue weighted by molar-refractivity contribution is 0.111. The molecule has 1 aliphatic rings. The molecule has 0 aliphatic carbocycles. The molecule has 0 saturated heterocycles. The van der Waals surface area contributed by atoms with Gasteiger partial charge in [-0.15, -0.1) is 0 Å². The minimum Gasteiger partial charge on any atom is -0.485 e. The second-order valence-electron chi connectivity index (χ2n) is 3.06. The van der Waals surface area contributed by atoms with Crippen LogP contribution in [-0.2, 0) is 9.05 Å². The van der Waals surface area contributed by atoms with Crippen LogP contribution >= 0.6 is 10.7 Å². The minimum absolute atomic E-state index is 0.00542. The van der Waals surface area contributed by atoms with E-state index in [4.69, 9.17) is 20.2 Å². The van der Waals surface area contributed by atoms with Crippen molar-refractivity contribution >= 4 is 26.0 Å². The molecule has 1 heterocycles. The zero-order valence-electron chi connectivity index (χ0n) is 7.97. The average Bonchev–Trinajstić information content (AvgIpc) is 2.26. The number of fused-ring (bicyclic) bond motifs is 1. The van der Waals surface area contributed by atoms with Gasteiger partial charge in [0.1, 0.15) is 18.1 Å². The summed E-state index contributed by atoms with van der Waals surface area (Å²) in [4.78, 5) is 10.5. The predicted octanol–water partition coefficient (Wildman–Crippen LogP) is 1.20. The molecule has 1 aromatic rings. The van der Waals surface area contributed by atoms with Crippen molar-refractivity contribution in [2.24, 2.45) is 0 Å². The van der Waals surface area contributed by atoms with E-state index in [1.807, 2.05) is 0 Å². The van der Waals surface area contributed by atoms with Crippen LogP contribution in [0.4, 0.5) is 0 Å². The van der Waals surface area contributed by atoms with Crippen LogP contribution in [0.2, 0.25) is 0 Å². The van der Waals surface area contributed by atoms with Gasteiger partial charge in [0.15, 0.2) is 17.8 Å². The molecule has 0 amide bonds. The van der Waals surface area contributed by atoms with E-state index in [0.29, 0.717) is 6.29 Å². The van der Waals surface area contributed by atoms with Crippen LogP contribution in [0.3, 0.4) is 0 Å². The third kappa shape index (κ3) is 1.85. The molecular weight excluding hydrogens is 256 g/mol. The molecule has 0 aromatic heterocycles. The van der Waals surface area contributed by atoms with Gasteiger partial charge < -0.3 is 9.47 Å². The second kappa shape index (κ2) is 3.95. The summed E-state index contributed by atoms with van der Waals surface area (Å²) in [7, 11) is 1.32. The molecule has 0 saturated carbocycles. The Morgan fingerprint density at radius 3 is 2.38 bits per heavy atom. The molecule has 1 aliphatic heterocycles. The topological polar surface area (TPSA) is 69.7 Å². The number of benzene rings is 1. The molecular formula is C9H7ClO5S. The molecule has 0 atom stereocenters. The number of halogens is 1. The molecule has 86 valence electrons. The van der Waals surface area contributed by atoms with E-state index >= 15 is 0 Å². The number of ether oxygens (including phenoxy) is 2. The summed E-state index contributed by atoms with van der Waals surface area (Å²) < 4.78 is 32.9. The third-order valence-corrected chi connectivity index (χ3v) is 3.42.